The summed E-state index contributed by atoms with van der Waals surface area (Å²) in [6, 6.07) is 16.3. The minimum absolute atomic E-state index is 0.00162. The van der Waals surface area contributed by atoms with Crippen LogP contribution in [0.2, 0.25) is 0 Å². The molecule has 0 spiro atoms. The zero-order valence-corrected chi connectivity index (χ0v) is 16.1. The van der Waals surface area contributed by atoms with Crippen molar-refractivity contribution in [1.29, 1.82) is 0 Å². The first-order valence-corrected chi connectivity index (χ1v) is 9.92. The summed E-state index contributed by atoms with van der Waals surface area (Å²) in [6.07, 6.45) is 0.366. The van der Waals surface area contributed by atoms with Gasteiger partial charge in [0, 0.05) is 43.2 Å². The lowest BCUT2D eigenvalue weighted by atomic mass is 10.1. The van der Waals surface area contributed by atoms with Crippen LogP contribution in [-0.4, -0.2) is 58.5 Å². The molecule has 2 aliphatic rings. The van der Waals surface area contributed by atoms with E-state index in [2.05, 4.69) is 33.3 Å². The molecule has 6 heteroatoms. The second kappa shape index (κ2) is 9.08. The van der Waals surface area contributed by atoms with Crippen LogP contribution in [0.4, 0.5) is 17.1 Å². The molecule has 0 aromatic heterocycles. The van der Waals surface area contributed by atoms with Crippen LogP contribution in [-0.2, 0) is 20.7 Å². The molecular formula is C22H27N3O3. The van der Waals surface area contributed by atoms with Gasteiger partial charge in [-0.1, -0.05) is 18.2 Å². The van der Waals surface area contributed by atoms with Gasteiger partial charge in [-0.2, -0.15) is 0 Å². The second-order valence-electron chi connectivity index (χ2n) is 7.14. The maximum absolute atomic E-state index is 12.5. The van der Waals surface area contributed by atoms with Gasteiger partial charge in [-0.15, -0.1) is 0 Å². The van der Waals surface area contributed by atoms with Gasteiger partial charge in [0.25, 0.3) is 0 Å². The van der Waals surface area contributed by atoms with Crippen molar-refractivity contribution in [3.63, 3.8) is 0 Å². The normalized spacial score (nSPS) is 17.4. The van der Waals surface area contributed by atoms with E-state index in [1.54, 1.807) is 0 Å². The van der Waals surface area contributed by atoms with E-state index >= 15 is 0 Å². The number of amides is 1. The molecule has 148 valence electrons. The topological polar surface area (TPSA) is 54.0 Å². The van der Waals surface area contributed by atoms with Crippen molar-refractivity contribution in [3.8, 4) is 0 Å². The lowest BCUT2D eigenvalue weighted by Gasteiger charge is -2.29. The first-order chi connectivity index (χ1) is 13.8. The van der Waals surface area contributed by atoms with Crippen LogP contribution in [0.5, 0.6) is 0 Å². The van der Waals surface area contributed by atoms with E-state index in [0.29, 0.717) is 6.42 Å². The van der Waals surface area contributed by atoms with Gasteiger partial charge < -0.3 is 24.6 Å². The molecule has 0 radical (unpaired) electrons. The molecule has 6 nitrogen and oxygen atoms in total. The van der Waals surface area contributed by atoms with Crippen molar-refractivity contribution in [2.75, 3.05) is 67.7 Å². The first-order valence-electron chi connectivity index (χ1n) is 9.92. The summed E-state index contributed by atoms with van der Waals surface area (Å²) >= 11 is 0. The van der Waals surface area contributed by atoms with Crippen LogP contribution in [0.3, 0.4) is 0 Å². The highest BCUT2D eigenvalue weighted by molar-refractivity contribution is 5.92. The number of rotatable bonds is 5. The number of morpholine rings is 2. The summed E-state index contributed by atoms with van der Waals surface area (Å²) in [5.74, 6) is -0.00162. The van der Waals surface area contributed by atoms with E-state index in [1.807, 2.05) is 30.3 Å². The first kappa shape index (κ1) is 18.8. The number of ether oxygens (including phenoxy) is 2. The zero-order valence-electron chi connectivity index (χ0n) is 16.1. The monoisotopic (exact) mass is 381 g/mol. The van der Waals surface area contributed by atoms with E-state index in [1.165, 1.54) is 5.69 Å². The summed E-state index contributed by atoms with van der Waals surface area (Å²) in [4.78, 5) is 17.1. The molecule has 2 aromatic carbocycles. The Hall–Kier alpha value is -2.57. The van der Waals surface area contributed by atoms with Crippen LogP contribution in [0.1, 0.15) is 5.56 Å². The Labute approximate surface area is 166 Å². The highest BCUT2D eigenvalue weighted by Gasteiger charge is 2.13. The molecule has 1 N–H and O–H groups in total. The van der Waals surface area contributed by atoms with Crippen molar-refractivity contribution >= 4 is 23.0 Å². The van der Waals surface area contributed by atoms with E-state index in [9.17, 15) is 4.79 Å². The molecule has 2 aromatic rings. The van der Waals surface area contributed by atoms with E-state index in [0.717, 1.165) is 69.5 Å². The third-order valence-corrected chi connectivity index (χ3v) is 5.18. The molecule has 0 bridgehead atoms. The van der Waals surface area contributed by atoms with Crippen molar-refractivity contribution in [1.82, 2.24) is 0 Å². The number of nitrogens with one attached hydrogen (secondary N) is 1. The predicted molar refractivity (Wildman–Crippen MR) is 111 cm³/mol. The molecule has 0 atom stereocenters. The van der Waals surface area contributed by atoms with Gasteiger partial charge in [0.05, 0.1) is 32.8 Å². The molecule has 28 heavy (non-hydrogen) atoms. The molecule has 1 amide bonds. The quantitative estimate of drug-likeness (QED) is 0.863. The fourth-order valence-corrected chi connectivity index (χ4v) is 3.64. The molecule has 0 aliphatic carbocycles. The molecule has 0 saturated carbocycles. The zero-order chi connectivity index (χ0) is 19.2. The van der Waals surface area contributed by atoms with Gasteiger partial charge in [0.2, 0.25) is 5.91 Å². The Morgan fingerprint density at radius 2 is 1.43 bits per heavy atom. The number of nitrogens with zero attached hydrogens (tertiary/aromatic N) is 2. The fraction of sp³-hybridized carbons (Fsp3) is 0.409. The lowest BCUT2D eigenvalue weighted by Crippen LogP contribution is -2.36. The number of anilines is 3. The molecule has 2 fully saturated rings. The summed E-state index contributed by atoms with van der Waals surface area (Å²) < 4.78 is 10.8. The van der Waals surface area contributed by atoms with Gasteiger partial charge in [0.15, 0.2) is 0 Å². The van der Waals surface area contributed by atoms with Crippen molar-refractivity contribution < 1.29 is 14.3 Å². The number of benzene rings is 2. The molecule has 2 aliphatic heterocycles. The van der Waals surface area contributed by atoms with Gasteiger partial charge in [-0.25, -0.2) is 0 Å². The lowest BCUT2D eigenvalue weighted by molar-refractivity contribution is -0.115. The van der Waals surface area contributed by atoms with Crippen LogP contribution < -0.4 is 15.1 Å². The fourth-order valence-electron chi connectivity index (χ4n) is 3.64. The van der Waals surface area contributed by atoms with Crippen molar-refractivity contribution in [2.24, 2.45) is 0 Å². The van der Waals surface area contributed by atoms with E-state index in [-0.39, 0.29) is 5.91 Å². The molecule has 4 rings (SSSR count). The number of hydrogen-bond donors (Lipinski definition) is 1. The highest BCUT2D eigenvalue weighted by atomic mass is 16.5. The Bertz CT molecular complexity index is 782. The van der Waals surface area contributed by atoms with Crippen LogP contribution in [0.25, 0.3) is 0 Å². The Kier molecular flexibility index (Phi) is 6.09. The van der Waals surface area contributed by atoms with Gasteiger partial charge in [-0.3, -0.25) is 4.79 Å². The molecular weight excluding hydrogens is 354 g/mol. The Morgan fingerprint density at radius 1 is 0.821 bits per heavy atom. The molecule has 2 saturated heterocycles. The molecule has 2 heterocycles. The second-order valence-corrected chi connectivity index (χ2v) is 7.14. The summed E-state index contributed by atoms with van der Waals surface area (Å²) in [5, 5.41) is 3.02. The van der Waals surface area contributed by atoms with Gasteiger partial charge >= 0.3 is 0 Å². The number of carbonyl (C=O) groups excluding carboxylic acids is 1. The van der Waals surface area contributed by atoms with Crippen LogP contribution >= 0.6 is 0 Å². The van der Waals surface area contributed by atoms with Crippen molar-refractivity contribution in [2.45, 2.75) is 6.42 Å². The average Bonchev–Trinajstić information content (AvgIpc) is 2.76. The highest BCUT2D eigenvalue weighted by Crippen LogP contribution is 2.21. The largest absolute Gasteiger partial charge is 0.378 e. The SMILES string of the molecule is O=C(Cc1ccc(N2CCOCC2)cc1)Nc1cccc(N2CCOCC2)c1. The standard InChI is InChI=1S/C22H27N3O3/c26-22(16-18-4-6-20(7-5-18)24-8-12-27-13-9-24)23-19-2-1-3-21(17-19)25-10-14-28-15-11-25/h1-7,17H,8-16H2,(H,23,26). The Morgan fingerprint density at radius 3 is 2.07 bits per heavy atom. The predicted octanol–water partition coefficient (Wildman–Crippen LogP) is 2.54. The van der Waals surface area contributed by atoms with Crippen molar-refractivity contribution in [3.05, 3.63) is 54.1 Å². The minimum atomic E-state index is -0.00162. The summed E-state index contributed by atoms with van der Waals surface area (Å²) in [5.41, 5.74) is 4.15. The smallest absolute Gasteiger partial charge is 0.228 e. The number of hydrogen-bond acceptors (Lipinski definition) is 5. The third kappa shape index (κ3) is 4.82. The van der Waals surface area contributed by atoms with E-state index in [4.69, 9.17) is 9.47 Å². The van der Waals surface area contributed by atoms with Crippen LogP contribution in [0, 0.1) is 0 Å². The summed E-state index contributed by atoms with van der Waals surface area (Å²) in [6.45, 7) is 6.63. The third-order valence-electron chi connectivity index (χ3n) is 5.18. The average molecular weight is 381 g/mol. The van der Waals surface area contributed by atoms with Crippen LogP contribution in [0.15, 0.2) is 48.5 Å². The summed E-state index contributed by atoms with van der Waals surface area (Å²) in [7, 11) is 0. The maximum atomic E-state index is 12.5. The maximum Gasteiger partial charge on any atom is 0.228 e. The molecule has 0 unspecified atom stereocenters. The van der Waals surface area contributed by atoms with E-state index < -0.39 is 0 Å². The number of carbonyl (C=O) groups is 1. The van der Waals surface area contributed by atoms with Gasteiger partial charge in [-0.05, 0) is 35.9 Å². The Balaban J connectivity index is 1.34. The minimum Gasteiger partial charge on any atom is -0.378 e. The van der Waals surface area contributed by atoms with Gasteiger partial charge in [0.1, 0.15) is 0 Å².